The van der Waals surface area contributed by atoms with Crippen LogP contribution in [0.5, 0.6) is 0 Å². The van der Waals surface area contributed by atoms with Gasteiger partial charge in [0.05, 0.1) is 17.5 Å². The minimum atomic E-state index is -3.81. The van der Waals surface area contributed by atoms with Crippen LogP contribution in [0.1, 0.15) is 58.4 Å². The zero-order valence-electron chi connectivity index (χ0n) is 25.3. The molecule has 1 amide bonds. The number of aliphatic hydroxyl groups excluding tert-OH is 1. The number of aliphatic hydroxyl groups is 1. The minimum absolute atomic E-state index is 0.0367. The molecule has 3 rings (SSSR count). The van der Waals surface area contributed by atoms with Crippen LogP contribution in [-0.4, -0.2) is 62.1 Å². The lowest BCUT2D eigenvalue weighted by molar-refractivity contribution is -0.123. The second-order valence-corrected chi connectivity index (χ2v) is 13.3. The standard InChI is InChI=1S/C33H48N4O4S/c1-4-5-19-35-32(22-26-13-14-27-10-6-7-11-28(27)21-26)33(39)36-20-9-8-12-30(24-38)37(23-25(2)3)42(40,41)31-17-15-29(34)16-18-31/h6-7,10-11,13-18,21,25,30,32,35,38H,4-5,8-9,12,19-20,22-24,34H2,1-3H3,(H,36,39). The third-order valence-corrected chi connectivity index (χ3v) is 9.34. The Morgan fingerprint density at radius 2 is 1.67 bits per heavy atom. The van der Waals surface area contributed by atoms with Crippen molar-refractivity contribution in [2.75, 3.05) is 32.0 Å². The minimum Gasteiger partial charge on any atom is -0.399 e. The summed E-state index contributed by atoms with van der Waals surface area (Å²) in [5, 5.41) is 19.0. The van der Waals surface area contributed by atoms with Crippen LogP contribution >= 0.6 is 0 Å². The number of hydrogen-bond donors (Lipinski definition) is 4. The maximum atomic E-state index is 13.5. The molecule has 0 heterocycles. The third kappa shape index (κ3) is 9.80. The van der Waals surface area contributed by atoms with Crippen LogP contribution in [0.15, 0.2) is 71.6 Å². The summed E-state index contributed by atoms with van der Waals surface area (Å²) >= 11 is 0. The van der Waals surface area contributed by atoms with E-state index in [2.05, 4.69) is 47.9 Å². The Labute approximate surface area is 251 Å². The van der Waals surface area contributed by atoms with Crippen molar-refractivity contribution >= 4 is 32.4 Å². The van der Waals surface area contributed by atoms with Crippen molar-refractivity contribution in [3.05, 3.63) is 72.3 Å². The van der Waals surface area contributed by atoms with Crippen LogP contribution in [0, 0.1) is 5.92 Å². The van der Waals surface area contributed by atoms with E-state index in [1.165, 1.54) is 21.8 Å². The number of sulfonamides is 1. The molecule has 3 aromatic carbocycles. The molecule has 0 saturated heterocycles. The van der Waals surface area contributed by atoms with Gasteiger partial charge in [-0.1, -0.05) is 76.1 Å². The lowest BCUT2D eigenvalue weighted by Crippen LogP contribution is -2.46. The molecule has 0 aliphatic heterocycles. The van der Waals surface area contributed by atoms with E-state index in [1.807, 2.05) is 26.0 Å². The summed E-state index contributed by atoms with van der Waals surface area (Å²) in [7, 11) is -3.81. The van der Waals surface area contributed by atoms with E-state index in [0.717, 1.165) is 30.3 Å². The van der Waals surface area contributed by atoms with Gasteiger partial charge in [0, 0.05) is 24.8 Å². The van der Waals surface area contributed by atoms with Gasteiger partial charge in [0.25, 0.3) is 0 Å². The molecule has 0 fully saturated rings. The van der Waals surface area contributed by atoms with Crippen LogP contribution < -0.4 is 16.4 Å². The van der Waals surface area contributed by atoms with Crippen LogP contribution in [0.2, 0.25) is 0 Å². The lowest BCUT2D eigenvalue weighted by atomic mass is 10.0. The predicted molar refractivity (Wildman–Crippen MR) is 172 cm³/mol. The molecular weight excluding hydrogens is 548 g/mol. The van der Waals surface area contributed by atoms with E-state index in [1.54, 1.807) is 12.1 Å². The van der Waals surface area contributed by atoms with E-state index < -0.39 is 16.1 Å². The fourth-order valence-corrected chi connectivity index (χ4v) is 6.87. The summed E-state index contributed by atoms with van der Waals surface area (Å²) in [6, 6.07) is 19.8. The molecule has 0 aliphatic carbocycles. The number of rotatable bonds is 18. The number of fused-ring (bicyclic) bond motifs is 1. The van der Waals surface area contributed by atoms with Gasteiger partial charge in [-0.15, -0.1) is 0 Å². The Morgan fingerprint density at radius 1 is 0.952 bits per heavy atom. The van der Waals surface area contributed by atoms with Crippen molar-refractivity contribution < 1.29 is 18.3 Å². The number of hydrogen-bond acceptors (Lipinski definition) is 6. The van der Waals surface area contributed by atoms with Gasteiger partial charge >= 0.3 is 0 Å². The highest BCUT2D eigenvalue weighted by Gasteiger charge is 2.31. The SMILES string of the molecule is CCCCNC(Cc1ccc2ccccc2c1)C(=O)NCCCCC(CO)N(CC(C)C)S(=O)(=O)c1ccc(N)cc1. The largest absolute Gasteiger partial charge is 0.399 e. The lowest BCUT2D eigenvalue weighted by Gasteiger charge is -2.31. The number of nitrogens with one attached hydrogen (secondary N) is 2. The van der Waals surface area contributed by atoms with E-state index in [-0.39, 0.29) is 29.4 Å². The molecule has 2 unspecified atom stereocenters. The molecule has 3 aromatic rings. The monoisotopic (exact) mass is 596 g/mol. The smallest absolute Gasteiger partial charge is 0.243 e. The molecule has 5 N–H and O–H groups in total. The fraction of sp³-hybridized carbons (Fsp3) is 0.485. The third-order valence-electron chi connectivity index (χ3n) is 7.40. The Morgan fingerprint density at radius 3 is 2.33 bits per heavy atom. The van der Waals surface area contributed by atoms with Gasteiger partial charge in [-0.3, -0.25) is 4.79 Å². The first-order chi connectivity index (χ1) is 20.1. The number of nitrogens with zero attached hydrogens (tertiary/aromatic N) is 1. The van der Waals surface area contributed by atoms with Crippen LogP contribution in [0.3, 0.4) is 0 Å². The number of nitrogens with two attached hydrogens (primary N) is 1. The normalized spacial score (nSPS) is 13.5. The molecule has 0 radical (unpaired) electrons. The first-order valence-corrected chi connectivity index (χ1v) is 16.6. The maximum Gasteiger partial charge on any atom is 0.243 e. The number of unbranched alkanes of at least 4 members (excludes halogenated alkanes) is 2. The highest BCUT2D eigenvalue weighted by atomic mass is 32.2. The summed E-state index contributed by atoms with van der Waals surface area (Å²) in [5.74, 6) is 0.0481. The number of carbonyl (C=O) groups excluding carboxylic acids is 1. The summed E-state index contributed by atoms with van der Waals surface area (Å²) in [6.45, 7) is 7.32. The summed E-state index contributed by atoms with van der Waals surface area (Å²) in [4.78, 5) is 13.4. The van der Waals surface area contributed by atoms with Crippen molar-refractivity contribution in [3.63, 3.8) is 0 Å². The van der Waals surface area contributed by atoms with E-state index >= 15 is 0 Å². The highest BCUT2D eigenvalue weighted by Crippen LogP contribution is 2.23. The van der Waals surface area contributed by atoms with Gasteiger partial charge < -0.3 is 21.5 Å². The van der Waals surface area contributed by atoms with Crippen LogP contribution in [-0.2, 0) is 21.2 Å². The van der Waals surface area contributed by atoms with E-state index in [0.29, 0.717) is 44.5 Å². The first-order valence-electron chi connectivity index (χ1n) is 15.1. The van der Waals surface area contributed by atoms with Gasteiger partial charge in [0.1, 0.15) is 0 Å². The Hall–Kier alpha value is -2.98. The molecule has 0 spiro atoms. The molecular formula is C33H48N4O4S. The zero-order valence-corrected chi connectivity index (χ0v) is 26.1. The molecule has 0 bridgehead atoms. The topological polar surface area (TPSA) is 125 Å². The van der Waals surface area contributed by atoms with Gasteiger partial charge in [0.2, 0.25) is 15.9 Å². The molecule has 42 heavy (non-hydrogen) atoms. The molecule has 0 aliphatic rings. The van der Waals surface area contributed by atoms with Crippen molar-refractivity contribution in [3.8, 4) is 0 Å². The average molecular weight is 597 g/mol. The van der Waals surface area contributed by atoms with Gasteiger partial charge in [-0.2, -0.15) is 4.31 Å². The number of amides is 1. The summed E-state index contributed by atoms with van der Waals surface area (Å²) in [6.07, 6.45) is 4.47. The zero-order chi connectivity index (χ0) is 30.5. The molecule has 8 nitrogen and oxygen atoms in total. The number of nitrogen functional groups attached to an aromatic ring is 1. The molecule has 9 heteroatoms. The van der Waals surface area contributed by atoms with Gasteiger partial charge in [-0.25, -0.2) is 8.42 Å². The van der Waals surface area contributed by atoms with Crippen molar-refractivity contribution in [1.29, 1.82) is 0 Å². The Balaban J connectivity index is 1.57. The first kappa shape index (κ1) is 33.5. The number of carbonyl (C=O) groups is 1. The molecule has 0 aromatic heterocycles. The number of benzene rings is 3. The van der Waals surface area contributed by atoms with Gasteiger partial charge in [-0.05, 0) is 78.7 Å². The quantitative estimate of drug-likeness (QED) is 0.124. The summed E-state index contributed by atoms with van der Waals surface area (Å²) < 4.78 is 28.4. The summed E-state index contributed by atoms with van der Waals surface area (Å²) in [5.41, 5.74) is 7.35. The van der Waals surface area contributed by atoms with E-state index in [9.17, 15) is 18.3 Å². The maximum absolute atomic E-state index is 13.5. The Kier molecular flexibility index (Phi) is 13.3. The fourth-order valence-electron chi connectivity index (χ4n) is 5.06. The van der Waals surface area contributed by atoms with Crippen molar-refractivity contribution in [1.82, 2.24) is 14.9 Å². The highest BCUT2D eigenvalue weighted by molar-refractivity contribution is 7.89. The second-order valence-electron chi connectivity index (χ2n) is 11.4. The number of anilines is 1. The van der Waals surface area contributed by atoms with Crippen LogP contribution in [0.4, 0.5) is 5.69 Å². The van der Waals surface area contributed by atoms with E-state index in [4.69, 9.17) is 5.73 Å². The second kappa shape index (κ2) is 16.6. The van der Waals surface area contributed by atoms with Crippen molar-refractivity contribution in [2.45, 2.75) is 76.3 Å². The molecule has 2 atom stereocenters. The van der Waals surface area contributed by atoms with Crippen LogP contribution in [0.25, 0.3) is 10.8 Å². The molecule has 0 saturated carbocycles. The van der Waals surface area contributed by atoms with Gasteiger partial charge in [0.15, 0.2) is 0 Å². The molecule has 230 valence electrons. The van der Waals surface area contributed by atoms with Crippen molar-refractivity contribution in [2.24, 2.45) is 5.92 Å². The predicted octanol–water partition coefficient (Wildman–Crippen LogP) is 4.72. The average Bonchev–Trinajstić information content (AvgIpc) is 2.97. The Bertz CT molecular complexity index is 1360.